The van der Waals surface area contributed by atoms with Crippen LogP contribution in [0.2, 0.25) is 0 Å². The van der Waals surface area contributed by atoms with Crippen LogP contribution < -0.4 is 4.74 Å². The molecular formula is C23H25NO4. The van der Waals surface area contributed by atoms with Gasteiger partial charge in [-0.15, -0.1) is 0 Å². The monoisotopic (exact) mass is 379 g/mol. The van der Waals surface area contributed by atoms with Gasteiger partial charge >= 0.3 is 5.97 Å². The minimum atomic E-state index is -0.947. The first-order valence-electron chi connectivity index (χ1n) is 9.71. The van der Waals surface area contributed by atoms with Gasteiger partial charge in [-0.2, -0.15) is 0 Å². The summed E-state index contributed by atoms with van der Waals surface area (Å²) < 4.78 is 5.42. The third kappa shape index (κ3) is 3.26. The van der Waals surface area contributed by atoms with E-state index in [1.54, 1.807) is 32.2 Å². The lowest BCUT2D eigenvalue weighted by Gasteiger charge is -2.32. The number of carbonyl (C=O) groups is 2. The number of methoxy groups -OCH3 is 1. The third-order valence-electron chi connectivity index (χ3n) is 6.46. The van der Waals surface area contributed by atoms with Crippen molar-refractivity contribution >= 4 is 11.9 Å². The maximum Gasteiger partial charge on any atom is 0.335 e. The van der Waals surface area contributed by atoms with E-state index in [0.29, 0.717) is 17.1 Å². The summed E-state index contributed by atoms with van der Waals surface area (Å²) in [5.41, 5.74) is 3.67. The lowest BCUT2D eigenvalue weighted by atomic mass is 9.88. The number of carboxylic acid groups (broad SMARTS) is 1. The van der Waals surface area contributed by atoms with Crippen LogP contribution in [0.3, 0.4) is 0 Å². The second-order valence-corrected chi connectivity index (χ2v) is 7.97. The molecule has 0 radical (unpaired) electrons. The van der Waals surface area contributed by atoms with E-state index in [9.17, 15) is 14.7 Å². The predicted molar refractivity (Wildman–Crippen MR) is 107 cm³/mol. The Bertz CT molecular complexity index is 911. The van der Waals surface area contributed by atoms with Crippen LogP contribution in [0.15, 0.2) is 42.5 Å². The van der Waals surface area contributed by atoms with Crippen molar-refractivity contribution < 1.29 is 19.4 Å². The molecular weight excluding hydrogens is 354 g/mol. The zero-order chi connectivity index (χ0) is 19.9. The Balaban J connectivity index is 1.52. The fraction of sp³-hybridized carbons (Fsp3) is 0.391. The van der Waals surface area contributed by atoms with Crippen molar-refractivity contribution in [2.45, 2.75) is 32.1 Å². The second-order valence-electron chi connectivity index (χ2n) is 7.97. The molecule has 4 rings (SSSR count). The average molecular weight is 379 g/mol. The first-order valence-corrected chi connectivity index (χ1v) is 9.71. The number of ether oxygens (including phenoxy) is 1. The van der Waals surface area contributed by atoms with Crippen molar-refractivity contribution in [2.75, 3.05) is 20.2 Å². The zero-order valence-corrected chi connectivity index (χ0v) is 16.3. The van der Waals surface area contributed by atoms with Gasteiger partial charge in [0, 0.05) is 25.6 Å². The topological polar surface area (TPSA) is 66.8 Å². The highest BCUT2D eigenvalue weighted by atomic mass is 16.5. The molecule has 0 unspecified atom stereocenters. The van der Waals surface area contributed by atoms with Crippen LogP contribution in [-0.4, -0.2) is 42.1 Å². The number of hydrogen-bond donors (Lipinski definition) is 1. The Hall–Kier alpha value is -2.82. The molecule has 1 aliphatic carbocycles. The molecule has 1 saturated heterocycles. The SMILES string of the molecule is COc1ccc(C(=O)O)cc1-c1ccc([C@H]2CC23CCN(C(C)=O)CC3)cc1. The minimum absolute atomic E-state index is 0.175. The lowest BCUT2D eigenvalue weighted by molar-refractivity contribution is -0.130. The van der Waals surface area contributed by atoms with Crippen LogP contribution in [0.25, 0.3) is 11.1 Å². The summed E-state index contributed by atoms with van der Waals surface area (Å²) in [6, 6.07) is 13.3. The van der Waals surface area contributed by atoms with Gasteiger partial charge < -0.3 is 14.7 Å². The molecule has 1 amide bonds. The third-order valence-corrected chi connectivity index (χ3v) is 6.46. The highest BCUT2D eigenvalue weighted by Gasteiger charge is 2.55. The van der Waals surface area contributed by atoms with Crippen LogP contribution in [0.1, 0.15) is 48.0 Å². The van der Waals surface area contributed by atoms with Crippen molar-refractivity contribution in [1.29, 1.82) is 0 Å². The van der Waals surface area contributed by atoms with E-state index in [1.807, 2.05) is 4.90 Å². The van der Waals surface area contributed by atoms with Crippen molar-refractivity contribution in [2.24, 2.45) is 5.41 Å². The number of hydrogen-bond acceptors (Lipinski definition) is 3. The number of nitrogens with zero attached hydrogens (tertiary/aromatic N) is 1. The molecule has 1 aliphatic heterocycles. The first-order chi connectivity index (χ1) is 13.4. The highest BCUT2D eigenvalue weighted by Crippen LogP contribution is 2.64. The molecule has 1 N–H and O–H groups in total. The van der Waals surface area contributed by atoms with Crippen LogP contribution in [0.5, 0.6) is 5.75 Å². The molecule has 1 spiro atoms. The summed E-state index contributed by atoms with van der Waals surface area (Å²) in [5, 5.41) is 9.27. The summed E-state index contributed by atoms with van der Waals surface area (Å²) in [7, 11) is 1.59. The number of amides is 1. The zero-order valence-electron chi connectivity index (χ0n) is 16.3. The molecule has 2 aromatic carbocycles. The molecule has 146 valence electrons. The van der Waals surface area contributed by atoms with Crippen molar-refractivity contribution in [3.63, 3.8) is 0 Å². The highest BCUT2D eigenvalue weighted by molar-refractivity contribution is 5.90. The Kier molecular flexibility index (Phi) is 4.61. The molecule has 2 aromatic rings. The van der Waals surface area contributed by atoms with Crippen LogP contribution in [0.4, 0.5) is 0 Å². The van der Waals surface area contributed by atoms with Gasteiger partial charge in [0.2, 0.25) is 5.91 Å². The molecule has 5 nitrogen and oxygen atoms in total. The maximum atomic E-state index is 11.6. The van der Waals surface area contributed by atoms with E-state index in [-0.39, 0.29) is 11.5 Å². The van der Waals surface area contributed by atoms with Gasteiger partial charge in [0.1, 0.15) is 5.75 Å². The standard InChI is InChI=1S/C23H25NO4/c1-15(25)24-11-9-23(10-12-24)14-20(23)17-5-3-16(4-6-17)19-13-18(22(26)27)7-8-21(19)28-2/h3-8,13,20H,9-12,14H2,1-2H3,(H,26,27)/t20-/m1/s1. The molecule has 1 heterocycles. The van der Waals surface area contributed by atoms with E-state index < -0.39 is 5.97 Å². The summed E-state index contributed by atoms with van der Waals surface area (Å²) in [6.07, 6.45) is 3.34. The number of benzene rings is 2. The second kappa shape index (κ2) is 6.97. The average Bonchev–Trinajstić information content (AvgIpc) is 3.40. The van der Waals surface area contributed by atoms with Gasteiger partial charge in [0.25, 0.3) is 0 Å². The molecule has 0 bridgehead atoms. The lowest BCUT2D eigenvalue weighted by Crippen LogP contribution is -2.38. The van der Waals surface area contributed by atoms with Gasteiger partial charge in [-0.05, 0) is 59.9 Å². The molecule has 0 aromatic heterocycles. The number of aromatic carboxylic acids is 1. The number of piperidine rings is 1. The van der Waals surface area contributed by atoms with Gasteiger partial charge in [-0.1, -0.05) is 24.3 Å². The fourth-order valence-corrected chi connectivity index (χ4v) is 4.60. The Morgan fingerprint density at radius 2 is 1.79 bits per heavy atom. The summed E-state index contributed by atoms with van der Waals surface area (Å²) in [6.45, 7) is 3.38. The first kappa shape index (κ1) is 18.5. The maximum absolute atomic E-state index is 11.6. The quantitative estimate of drug-likeness (QED) is 0.866. The van der Waals surface area contributed by atoms with E-state index in [2.05, 4.69) is 24.3 Å². The van der Waals surface area contributed by atoms with Crippen molar-refractivity contribution in [1.82, 2.24) is 4.90 Å². The van der Waals surface area contributed by atoms with Gasteiger partial charge in [0.15, 0.2) is 0 Å². The fourth-order valence-electron chi connectivity index (χ4n) is 4.60. The van der Waals surface area contributed by atoms with Crippen molar-refractivity contribution in [3.8, 4) is 16.9 Å². The molecule has 28 heavy (non-hydrogen) atoms. The van der Waals surface area contributed by atoms with E-state index in [4.69, 9.17) is 4.74 Å². The van der Waals surface area contributed by atoms with Crippen LogP contribution in [-0.2, 0) is 4.79 Å². The Labute approximate surface area is 164 Å². The number of carboxylic acids is 1. The van der Waals surface area contributed by atoms with E-state index in [0.717, 1.165) is 37.1 Å². The van der Waals surface area contributed by atoms with Gasteiger partial charge in [-0.3, -0.25) is 4.79 Å². The van der Waals surface area contributed by atoms with Gasteiger partial charge in [-0.25, -0.2) is 4.79 Å². The smallest absolute Gasteiger partial charge is 0.335 e. The number of rotatable bonds is 4. The number of carbonyl (C=O) groups excluding carboxylic acids is 1. The van der Waals surface area contributed by atoms with Crippen LogP contribution in [0, 0.1) is 5.41 Å². The van der Waals surface area contributed by atoms with E-state index >= 15 is 0 Å². The van der Waals surface area contributed by atoms with Crippen LogP contribution >= 0.6 is 0 Å². The number of likely N-dealkylation sites (tertiary alicyclic amines) is 1. The van der Waals surface area contributed by atoms with E-state index in [1.165, 1.54) is 12.0 Å². The molecule has 1 atom stereocenters. The largest absolute Gasteiger partial charge is 0.496 e. The summed E-state index contributed by atoms with van der Waals surface area (Å²) >= 11 is 0. The molecule has 5 heteroatoms. The van der Waals surface area contributed by atoms with Gasteiger partial charge in [0.05, 0.1) is 12.7 Å². The molecule has 2 fully saturated rings. The molecule has 1 saturated carbocycles. The Morgan fingerprint density at radius 3 is 2.36 bits per heavy atom. The Morgan fingerprint density at radius 1 is 1.11 bits per heavy atom. The van der Waals surface area contributed by atoms with Crippen molar-refractivity contribution in [3.05, 3.63) is 53.6 Å². The predicted octanol–water partition coefficient (Wildman–Crippen LogP) is 4.18. The molecule has 2 aliphatic rings. The normalized spacial score (nSPS) is 20.1. The minimum Gasteiger partial charge on any atom is -0.496 e. The summed E-state index contributed by atoms with van der Waals surface area (Å²) in [5.74, 6) is 0.450. The summed E-state index contributed by atoms with van der Waals surface area (Å²) in [4.78, 5) is 24.8.